The van der Waals surface area contributed by atoms with Crippen molar-refractivity contribution in [2.75, 3.05) is 6.54 Å². The molecule has 1 amide bonds. The summed E-state index contributed by atoms with van der Waals surface area (Å²) in [7, 11) is 0. The molecule has 5 nitrogen and oxygen atoms in total. The van der Waals surface area contributed by atoms with Crippen LogP contribution in [0.3, 0.4) is 0 Å². The Kier molecular flexibility index (Phi) is 4.78. The minimum atomic E-state index is -0.594. The van der Waals surface area contributed by atoms with E-state index in [-0.39, 0.29) is 23.6 Å². The van der Waals surface area contributed by atoms with Crippen LogP contribution in [0, 0.1) is 0 Å². The van der Waals surface area contributed by atoms with E-state index >= 15 is 0 Å². The van der Waals surface area contributed by atoms with Crippen molar-refractivity contribution in [1.82, 2.24) is 5.32 Å². The van der Waals surface area contributed by atoms with E-state index in [1.165, 1.54) is 18.2 Å². The zero-order chi connectivity index (χ0) is 12.8. The average Bonchev–Trinajstić information content (AvgIpc) is 2.29. The van der Waals surface area contributed by atoms with Gasteiger partial charge in [-0.05, 0) is 24.6 Å². The third-order valence-electron chi connectivity index (χ3n) is 2.34. The van der Waals surface area contributed by atoms with Crippen LogP contribution in [0.15, 0.2) is 18.2 Å². The Morgan fingerprint density at radius 1 is 1.41 bits per heavy atom. The van der Waals surface area contributed by atoms with Crippen LogP contribution in [0.4, 0.5) is 0 Å². The van der Waals surface area contributed by atoms with Crippen molar-refractivity contribution in [3.63, 3.8) is 0 Å². The number of amides is 1. The van der Waals surface area contributed by atoms with E-state index < -0.39 is 12.0 Å². The van der Waals surface area contributed by atoms with Crippen molar-refractivity contribution < 1.29 is 20.1 Å². The molecule has 0 aromatic heterocycles. The standard InChI is InChI=1S/C12H17NO4/c1-2-3-9(15)7-13-12(17)10-6-8(14)4-5-11(10)16/h4-6,9,14-16H,2-3,7H2,1H3,(H,13,17). The number of hydrogen-bond donors (Lipinski definition) is 4. The van der Waals surface area contributed by atoms with Crippen LogP contribution in [-0.4, -0.2) is 33.9 Å². The minimum Gasteiger partial charge on any atom is -0.508 e. The normalized spacial score (nSPS) is 12.1. The van der Waals surface area contributed by atoms with Crippen molar-refractivity contribution in [3.05, 3.63) is 23.8 Å². The molecule has 0 radical (unpaired) electrons. The fraction of sp³-hybridized carbons (Fsp3) is 0.417. The molecule has 17 heavy (non-hydrogen) atoms. The maximum atomic E-state index is 11.6. The molecule has 0 fully saturated rings. The summed E-state index contributed by atoms with van der Waals surface area (Å²) >= 11 is 0. The Labute approximate surface area is 99.7 Å². The van der Waals surface area contributed by atoms with Gasteiger partial charge in [-0.2, -0.15) is 0 Å². The summed E-state index contributed by atoms with van der Waals surface area (Å²) < 4.78 is 0. The Balaban J connectivity index is 2.61. The fourth-order valence-electron chi connectivity index (χ4n) is 1.45. The first-order valence-corrected chi connectivity index (χ1v) is 5.52. The maximum absolute atomic E-state index is 11.6. The van der Waals surface area contributed by atoms with Crippen molar-refractivity contribution in [1.29, 1.82) is 0 Å². The van der Waals surface area contributed by atoms with Gasteiger partial charge in [-0.25, -0.2) is 0 Å². The van der Waals surface area contributed by atoms with E-state index in [1.807, 2.05) is 6.92 Å². The Morgan fingerprint density at radius 3 is 2.76 bits per heavy atom. The molecule has 0 aliphatic heterocycles. The summed E-state index contributed by atoms with van der Waals surface area (Å²) in [6.45, 7) is 2.06. The molecule has 4 N–H and O–H groups in total. The molecule has 1 aromatic rings. The van der Waals surface area contributed by atoms with E-state index in [9.17, 15) is 20.1 Å². The number of nitrogens with one attached hydrogen (secondary N) is 1. The molecular weight excluding hydrogens is 222 g/mol. The summed E-state index contributed by atoms with van der Waals surface area (Å²) in [6, 6.07) is 3.71. The molecule has 0 aliphatic rings. The molecule has 0 saturated heterocycles. The van der Waals surface area contributed by atoms with Crippen LogP contribution >= 0.6 is 0 Å². The number of carbonyl (C=O) groups is 1. The number of phenolic OH excluding ortho intramolecular Hbond substituents is 2. The Hall–Kier alpha value is -1.75. The highest BCUT2D eigenvalue weighted by Crippen LogP contribution is 2.21. The van der Waals surface area contributed by atoms with E-state index in [4.69, 9.17) is 0 Å². The predicted molar refractivity (Wildman–Crippen MR) is 63.0 cm³/mol. The van der Waals surface area contributed by atoms with Gasteiger partial charge in [0.25, 0.3) is 5.91 Å². The van der Waals surface area contributed by atoms with Gasteiger partial charge in [-0.1, -0.05) is 13.3 Å². The molecule has 1 unspecified atom stereocenters. The van der Waals surface area contributed by atoms with Gasteiger partial charge in [0.05, 0.1) is 11.7 Å². The van der Waals surface area contributed by atoms with Crippen molar-refractivity contribution in [2.45, 2.75) is 25.9 Å². The molecule has 1 aromatic carbocycles. The number of aromatic hydroxyl groups is 2. The molecule has 0 heterocycles. The SMILES string of the molecule is CCCC(O)CNC(=O)c1cc(O)ccc1O. The smallest absolute Gasteiger partial charge is 0.255 e. The summed E-state index contributed by atoms with van der Waals surface area (Å²) in [5.74, 6) is -0.819. The number of carbonyl (C=O) groups excluding carboxylic acids is 1. The largest absolute Gasteiger partial charge is 0.508 e. The van der Waals surface area contributed by atoms with E-state index in [0.29, 0.717) is 6.42 Å². The van der Waals surface area contributed by atoms with Gasteiger partial charge < -0.3 is 20.6 Å². The molecule has 1 atom stereocenters. The van der Waals surface area contributed by atoms with E-state index in [0.717, 1.165) is 6.42 Å². The maximum Gasteiger partial charge on any atom is 0.255 e. The van der Waals surface area contributed by atoms with Gasteiger partial charge >= 0.3 is 0 Å². The zero-order valence-corrected chi connectivity index (χ0v) is 9.68. The molecule has 94 valence electrons. The van der Waals surface area contributed by atoms with Crippen LogP contribution in [0.1, 0.15) is 30.1 Å². The second kappa shape index (κ2) is 6.10. The van der Waals surface area contributed by atoms with E-state index in [2.05, 4.69) is 5.32 Å². The Morgan fingerprint density at radius 2 is 2.12 bits per heavy atom. The second-order valence-corrected chi connectivity index (χ2v) is 3.85. The van der Waals surface area contributed by atoms with Crippen molar-refractivity contribution >= 4 is 5.91 Å². The summed E-state index contributed by atoms with van der Waals surface area (Å²) in [6.07, 6.45) is 0.837. The highest BCUT2D eigenvalue weighted by molar-refractivity contribution is 5.97. The monoisotopic (exact) mass is 239 g/mol. The molecule has 0 saturated carbocycles. The minimum absolute atomic E-state index is 0.00583. The van der Waals surface area contributed by atoms with Crippen LogP contribution in [-0.2, 0) is 0 Å². The molecule has 1 rings (SSSR count). The Bertz CT molecular complexity index is 392. The first-order valence-electron chi connectivity index (χ1n) is 5.52. The van der Waals surface area contributed by atoms with Crippen molar-refractivity contribution in [3.8, 4) is 11.5 Å². The lowest BCUT2D eigenvalue weighted by atomic mass is 10.1. The number of hydrogen-bond acceptors (Lipinski definition) is 4. The number of benzene rings is 1. The second-order valence-electron chi connectivity index (χ2n) is 3.85. The quantitative estimate of drug-likeness (QED) is 0.577. The highest BCUT2D eigenvalue weighted by atomic mass is 16.3. The lowest BCUT2D eigenvalue weighted by Crippen LogP contribution is -2.32. The predicted octanol–water partition coefficient (Wildman–Crippen LogP) is 0.989. The van der Waals surface area contributed by atoms with Gasteiger partial charge in [0.15, 0.2) is 0 Å². The number of aliphatic hydroxyl groups is 1. The number of rotatable bonds is 5. The van der Waals surface area contributed by atoms with Crippen LogP contribution in [0.2, 0.25) is 0 Å². The topological polar surface area (TPSA) is 89.8 Å². The molecule has 0 aliphatic carbocycles. The number of aliphatic hydroxyl groups excluding tert-OH is 1. The third-order valence-corrected chi connectivity index (χ3v) is 2.34. The van der Waals surface area contributed by atoms with Gasteiger partial charge in [0.1, 0.15) is 11.5 Å². The van der Waals surface area contributed by atoms with Crippen LogP contribution in [0.25, 0.3) is 0 Å². The molecule has 5 heteroatoms. The summed E-state index contributed by atoms with van der Waals surface area (Å²) in [4.78, 5) is 11.6. The zero-order valence-electron chi connectivity index (χ0n) is 9.68. The van der Waals surface area contributed by atoms with Crippen molar-refractivity contribution in [2.24, 2.45) is 0 Å². The fourth-order valence-corrected chi connectivity index (χ4v) is 1.45. The van der Waals surface area contributed by atoms with Gasteiger partial charge in [-0.15, -0.1) is 0 Å². The molecular formula is C12H17NO4. The van der Waals surface area contributed by atoms with Crippen LogP contribution < -0.4 is 5.32 Å². The lowest BCUT2D eigenvalue weighted by molar-refractivity contribution is 0.0907. The molecule has 0 bridgehead atoms. The van der Waals surface area contributed by atoms with E-state index in [1.54, 1.807) is 0 Å². The lowest BCUT2D eigenvalue weighted by Gasteiger charge is -2.11. The van der Waals surface area contributed by atoms with Gasteiger partial charge in [0.2, 0.25) is 0 Å². The summed E-state index contributed by atoms with van der Waals surface area (Å²) in [5, 5.41) is 30.6. The van der Waals surface area contributed by atoms with Gasteiger partial charge in [0, 0.05) is 6.54 Å². The number of phenols is 2. The first-order chi connectivity index (χ1) is 8.04. The van der Waals surface area contributed by atoms with Crippen LogP contribution in [0.5, 0.6) is 11.5 Å². The molecule has 0 spiro atoms. The average molecular weight is 239 g/mol. The van der Waals surface area contributed by atoms with Gasteiger partial charge in [-0.3, -0.25) is 4.79 Å². The third kappa shape index (κ3) is 3.96. The first kappa shape index (κ1) is 13.3. The summed E-state index contributed by atoms with van der Waals surface area (Å²) in [5.41, 5.74) is -0.00583. The highest BCUT2D eigenvalue weighted by Gasteiger charge is 2.13.